The fourth-order valence-corrected chi connectivity index (χ4v) is 3.07. The molecule has 39 heavy (non-hydrogen) atoms. The fraction of sp³-hybridized carbons (Fsp3) is 0.862. The highest BCUT2D eigenvalue weighted by Gasteiger charge is 2.16. The van der Waals surface area contributed by atoms with E-state index < -0.39 is 29.4 Å². The summed E-state index contributed by atoms with van der Waals surface area (Å²) in [5.41, 5.74) is -0.949. The highest BCUT2D eigenvalue weighted by Crippen LogP contribution is 2.10. The molecule has 1 unspecified atom stereocenters. The molecule has 0 aliphatic carbocycles. The number of rotatable bonds is 16. The predicted octanol–water partition coefficient (Wildman–Crippen LogP) is 6.99. The lowest BCUT2D eigenvalue weighted by atomic mass is 10.1. The maximum Gasteiger partial charge on any atom is 0.407 e. The molecule has 0 spiro atoms. The molecule has 0 aliphatic rings. The third kappa shape index (κ3) is 33.5. The highest BCUT2D eigenvalue weighted by molar-refractivity contribution is 5.69. The Labute approximate surface area is 237 Å². The number of aliphatic carboxylic acids is 1. The molecular weight excluding hydrogens is 504 g/mol. The Morgan fingerprint density at radius 1 is 0.718 bits per heavy atom. The maximum atomic E-state index is 11.7. The Morgan fingerprint density at radius 3 is 1.51 bits per heavy atom. The Morgan fingerprint density at radius 2 is 1.15 bits per heavy atom. The number of unbranched alkanes of at least 4 members (excludes halogenated alkanes) is 4. The van der Waals surface area contributed by atoms with Gasteiger partial charge in [-0.05, 0) is 80.1 Å². The topological polar surface area (TPSA) is 140 Å². The molecule has 0 heterocycles. The molecule has 2 amide bonds. The summed E-state index contributed by atoms with van der Waals surface area (Å²) in [5, 5.41) is 13.7. The number of carboxylic acids is 1. The molecule has 0 radical (unpaired) electrons. The van der Waals surface area contributed by atoms with Gasteiger partial charge in [-0.1, -0.05) is 40.5 Å². The second-order valence-corrected chi connectivity index (χ2v) is 11.2. The van der Waals surface area contributed by atoms with Crippen LogP contribution in [0, 0.1) is 0 Å². The number of alkyl carbamates (subject to hydrolysis) is 2. The van der Waals surface area contributed by atoms with E-state index in [1.54, 1.807) is 20.8 Å². The van der Waals surface area contributed by atoms with Crippen molar-refractivity contribution < 1.29 is 38.5 Å². The van der Waals surface area contributed by atoms with Crippen LogP contribution in [0.2, 0.25) is 0 Å². The summed E-state index contributed by atoms with van der Waals surface area (Å²) in [6.45, 7) is 16.1. The van der Waals surface area contributed by atoms with Crippen LogP contribution in [-0.4, -0.2) is 59.6 Å². The summed E-state index contributed by atoms with van der Waals surface area (Å²) in [6, 6.07) is 0. The molecule has 0 bridgehead atoms. The molecule has 0 fully saturated rings. The van der Waals surface area contributed by atoms with Gasteiger partial charge in [0.25, 0.3) is 0 Å². The van der Waals surface area contributed by atoms with Crippen molar-refractivity contribution in [2.45, 2.75) is 151 Å². The van der Waals surface area contributed by atoms with Gasteiger partial charge in [0.05, 0.1) is 0 Å². The van der Waals surface area contributed by atoms with Gasteiger partial charge in [-0.3, -0.25) is 9.59 Å². The molecule has 0 saturated heterocycles. The van der Waals surface area contributed by atoms with Crippen molar-refractivity contribution in [3.8, 4) is 0 Å². The van der Waals surface area contributed by atoms with E-state index in [1.807, 2.05) is 27.7 Å². The summed E-state index contributed by atoms with van der Waals surface area (Å²) in [5.74, 6) is -0.888. The van der Waals surface area contributed by atoms with Crippen LogP contribution in [-0.2, 0) is 23.8 Å². The average molecular weight is 563 g/mol. The van der Waals surface area contributed by atoms with Crippen molar-refractivity contribution in [3.63, 3.8) is 0 Å². The lowest BCUT2D eigenvalue weighted by Gasteiger charge is -2.19. The molecule has 0 aromatic carbocycles. The van der Waals surface area contributed by atoms with Gasteiger partial charge < -0.3 is 30.0 Å². The average Bonchev–Trinajstić information content (AvgIpc) is 2.76. The van der Waals surface area contributed by atoms with Crippen LogP contribution in [0.25, 0.3) is 0 Å². The SMILES string of the molecule is C.CC(C)(C)OC(=O)NCCCCCC(=O)O.CCCC(CC)OC(=O)CCCCCNC(=O)OC(C)(C)C. The molecule has 0 aliphatic heterocycles. The lowest BCUT2D eigenvalue weighted by Crippen LogP contribution is -2.33. The largest absolute Gasteiger partial charge is 0.481 e. The fourth-order valence-electron chi connectivity index (χ4n) is 3.07. The van der Waals surface area contributed by atoms with Crippen molar-refractivity contribution in [1.82, 2.24) is 10.6 Å². The van der Waals surface area contributed by atoms with Crippen molar-refractivity contribution in [3.05, 3.63) is 0 Å². The van der Waals surface area contributed by atoms with Crippen LogP contribution in [0.3, 0.4) is 0 Å². The zero-order valence-electron chi connectivity index (χ0n) is 25.1. The van der Waals surface area contributed by atoms with Gasteiger partial charge in [-0.2, -0.15) is 0 Å². The van der Waals surface area contributed by atoms with Crippen LogP contribution < -0.4 is 10.6 Å². The predicted molar refractivity (Wildman–Crippen MR) is 155 cm³/mol. The Hall–Kier alpha value is -2.52. The second-order valence-electron chi connectivity index (χ2n) is 11.2. The molecule has 1 atom stereocenters. The summed E-state index contributed by atoms with van der Waals surface area (Å²) in [4.78, 5) is 44.5. The smallest absolute Gasteiger partial charge is 0.407 e. The maximum absolute atomic E-state index is 11.7. The second kappa shape index (κ2) is 23.4. The Bertz CT molecular complexity index is 669. The molecular formula is C29H58N2O8. The lowest BCUT2D eigenvalue weighted by molar-refractivity contribution is -0.149. The molecule has 232 valence electrons. The molecule has 0 rings (SSSR count). The van der Waals surface area contributed by atoms with Crippen molar-refractivity contribution >= 4 is 24.1 Å². The zero-order chi connectivity index (χ0) is 29.6. The molecule has 10 nitrogen and oxygen atoms in total. The van der Waals surface area contributed by atoms with Crippen LogP contribution in [0.1, 0.15) is 133 Å². The van der Waals surface area contributed by atoms with Crippen molar-refractivity contribution in [2.24, 2.45) is 0 Å². The minimum absolute atomic E-state index is 0. The van der Waals surface area contributed by atoms with E-state index in [0.29, 0.717) is 25.9 Å². The molecule has 0 saturated carbocycles. The van der Waals surface area contributed by atoms with E-state index in [1.165, 1.54) is 0 Å². The highest BCUT2D eigenvalue weighted by atomic mass is 16.6. The number of hydrogen-bond donors (Lipinski definition) is 3. The molecule has 0 aromatic heterocycles. The van der Waals surface area contributed by atoms with Gasteiger partial charge in [-0.15, -0.1) is 0 Å². The van der Waals surface area contributed by atoms with Gasteiger partial charge in [0.2, 0.25) is 0 Å². The number of carboxylic acid groups (broad SMARTS) is 1. The standard InChI is InChI=1S/C17H33NO4.C11H21NO4.CH4/c1-6-11-14(7-2)21-15(19)12-9-8-10-13-18-16(20)22-17(3,4)5;1-11(2,3)16-10(15)12-8-6-4-5-7-9(13)14;/h14H,6-13H2,1-5H3,(H,18,20);4-8H2,1-3H3,(H,12,15)(H,13,14);1H4. The van der Waals surface area contributed by atoms with Gasteiger partial charge in [0.15, 0.2) is 0 Å². The van der Waals surface area contributed by atoms with Gasteiger partial charge >= 0.3 is 24.1 Å². The normalized spacial score (nSPS) is 11.6. The van der Waals surface area contributed by atoms with Crippen molar-refractivity contribution in [2.75, 3.05) is 13.1 Å². The van der Waals surface area contributed by atoms with E-state index in [-0.39, 0.29) is 25.9 Å². The molecule has 3 N–H and O–H groups in total. The zero-order valence-corrected chi connectivity index (χ0v) is 25.1. The minimum Gasteiger partial charge on any atom is -0.481 e. The van der Waals surface area contributed by atoms with E-state index in [0.717, 1.165) is 51.4 Å². The minimum atomic E-state index is -0.778. The van der Waals surface area contributed by atoms with Crippen molar-refractivity contribution in [1.29, 1.82) is 0 Å². The van der Waals surface area contributed by atoms with E-state index in [9.17, 15) is 19.2 Å². The summed E-state index contributed by atoms with van der Waals surface area (Å²) < 4.78 is 15.6. The monoisotopic (exact) mass is 562 g/mol. The quantitative estimate of drug-likeness (QED) is 0.104. The number of carbonyl (C=O) groups excluding carboxylic acids is 3. The first-order valence-electron chi connectivity index (χ1n) is 13.9. The first-order valence-corrected chi connectivity index (χ1v) is 13.9. The summed E-state index contributed by atoms with van der Waals surface area (Å²) in [7, 11) is 0. The van der Waals surface area contributed by atoms with E-state index >= 15 is 0 Å². The molecule has 10 heteroatoms. The first kappa shape index (κ1) is 41.0. The van der Waals surface area contributed by atoms with E-state index in [4.69, 9.17) is 19.3 Å². The first-order chi connectivity index (χ1) is 17.6. The van der Waals surface area contributed by atoms with Gasteiger partial charge in [0, 0.05) is 25.9 Å². The third-order valence-electron chi connectivity index (χ3n) is 4.83. The summed E-state index contributed by atoms with van der Waals surface area (Å²) in [6.07, 6.45) is 7.43. The molecule has 0 aromatic rings. The number of nitrogens with one attached hydrogen (secondary N) is 2. The van der Waals surface area contributed by atoms with Gasteiger partial charge in [0.1, 0.15) is 17.3 Å². The van der Waals surface area contributed by atoms with E-state index in [2.05, 4.69) is 17.6 Å². The number of hydrogen-bond acceptors (Lipinski definition) is 7. The number of amides is 2. The Kier molecular flexibility index (Phi) is 24.6. The van der Waals surface area contributed by atoms with Gasteiger partial charge in [-0.25, -0.2) is 9.59 Å². The van der Waals surface area contributed by atoms with Crippen LogP contribution >= 0.6 is 0 Å². The van der Waals surface area contributed by atoms with Crippen LogP contribution in [0.5, 0.6) is 0 Å². The van der Waals surface area contributed by atoms with Crippen LogP contribution in [0.4, 0.5) is 9.59 Å². The number of carbonyl (C=O) groups is 4. The van der Waals surface area contributed by atoms with Crippen LogP contribution in [0.15, 0.2) is 0 Å². The number of esters is 1. The third-order valence-corrected chi connectivity index (χ3v) is 4.83. The Balaban J connectivity index is -0.000000679. The number of ether oxygens (including phenoxy) is 3. The summed E-state index contributed by atoms with van der Waals surface area (Å²) >= 11 is 0.